The quantitative estimate of drug-likeness (QED) is 0.576. The summed E-state index contributed by atoms with van der Waals surface area (Å²) in [6.45, 7) is 4.96. The van der Waals surface area contributed by atoms with Gasteiger partial charge in [-0.15, -0.1) is 0 Å². The van der Waals surface area contributed by atoms with E-state index in [-0.39, 0.29) is 22.7 Å². The Labute approximate surface area is 85.8 Å². The fraction of sp³-hybridized carbons (Fsp3) is 0.100. The molecule has 1 heterocycles. The molecule has 0 saturated carbocycles. The van der Waals surface area contributed by atoms with Crippen LogP contribution in [0.1, 0.15) is 23.0 Å². The van der Waals surface area contributed by atoms with Gasteiger partial charge in [-0.3, -0.25) is 14.6 Å². The van der Waals surface area contributed by atoms with E-state index in [1.54, 1.807) is 13.0 Å². The lowest BCUT2D eigenvalue weighted by Crippen LogP contribution is -2.12. The summed E-state index contributed by atoms with van der Waals surface area (Å²) in [7, 11) is 0. The van der Waals surface area contributed by atoms with Crippen molar-refractivity contribution in [3.63, 3.8) is 0 Å². The minimum Gasteiger partial charge on any atom is -0.504 e. The molecule has 0 spiro atoms. The maximum Gasteiger partial charge on any atom is 0.258 e. The number of hydrogen-bond acceptors (Lipinski definition) is 4. The average molecular weight is 206 g/mol. The molecule has 1 aromatic heterocycles. The number of aldehydes is 1. The van der Waals surface area contributed by atoms with Crippen LogP contribution in [0, 0.1) is 0 Å². The molecule has 0 amide bonds. The molecule has 2 N–H and O–H groups in total. The predicted octanol–water partition coefficient (Wildman–Crippen LogP) is 1.26. The summed E-state index contributed by atoms with van der Waals surface area (Å²) < 4.78 is 0. The van der Waals surface area contributed by atoms with Crippen molar-refractivity contribution in [1.29, 1.82) is 0 Å². The molecule has 0 radical (unpaired) electrons. The van der Waals surface area contributed by atoms with Crippen LogP contribution < -0.4 is 5.56 Å². The predicted molar refractivity (Wildman–Crippen MR) is 58.0 cm³/mol. The molecule has 5 heteroatoms. The highest BCUT2D eigenvalue weighted by Crippen LogP contribution is 2.30. The third-order valence-corrected chi connectivity index (χ3v) is 1.84. The van der Waals surface area contributed by atoms with Crippen molar-refractivity contribution in [1.82, 2.24) is 4.98 Å². The smallest absolute Gasteiger partial charge is 0.258 e. The second-order valence-electron chi connectivity index (χ2n) is 2.75. The first-order valence-corrected chi connectivity index (χ1v) is 4.19. The number of nitrogens with one attached hydrogen (secondary N) is 1. The van der Waals surface area contributed by atoms with E-state index in [1.165, 1.54) is 6.08 Å². The first kappa shape index (κ1) is 10.9. The van der Waals surface area contributed by atoms with Crippen molar-refractivity contribution in [2.24, 2.45) is 4.99 Å². The van der Waals surface area contributed by atoms with Gasteiger partial charge in [-0.25, -0.2) is 0 Å². The number of carbonyl (C=O) groups excluding carboxylic acids is 1. The molecular formula is C10H10N2O3. The number of pyridine rings is 1. The number of rotatable bonds is 3. The number of allylic oxidation sites excluding steroid dienone is 1. The highest BCUT2D eigenvalue weighted by Gasteiger charge is 2.13. The summed E-state index contributed by atoms with van der Waals surface area (Å²) in [5.74, 6) is -0.368. The molecule has 0 aliphatic rings. The van der Waals surface area contributed by atoms with Gasteiger partial charge in [0.15, 0.2) is 12.0 Å². The van der Waals surface area contributed by atoms with E-state index in [0.717, 1.165) is 0 Å². The van der Waals surface area contributed by atoms with Crippen molar-refractivity contribution in [3.8, 4) is 5.75 Å². The Morgan fingerprint density at radius 2 is 2.20 bits per heavy atom. The van der Waals surface area contributed by atoms with Gasteiger partial charge in [-0.2, -0.15) is 0 Å². The molecule has 1 aromatic rings. The van der Waals surface area contributed by atoms with E-state index in [1.807, 2.05) is 0 Å². The number of hydrogen-bond donors (Lipinski definition) is 2. The monoisotopic (exact) mass is 206 g/mol. The summed E-state index contributed by atoms with van der Waals surface area (Å²) >= 11 is 0. The zero-order chi connectivity index (χ0) is 11.4. The fourth-order valence-electron chi connectivity index (χ4n) is 1.18. The normalized spacial score (nSPS) is 10.5. The molecule has 0 bridgehead atoms. The molecule has 0 fully saturated rings. The van der Waals surface area contributed by atoms with Crippen molar-refractivity contribution in [2.75, 3.05) is 0 Å². The lowest BCUT2D eigenvalue weighted by Gasteiger charge is -2.04. The van der Waals surface area contributed by atoms with Crippen molar-refractivity contribution < 1.29 is 9.90 Å². The summed E-state index contributed by atoms with van der Waals surface area (Å²) in [5.41, 5.74) is -0.499. The van der Waals surface area contributed by atoms with Crippen molar-refractivity contribution in [2.45, 2.75) is 6.92 Å². The maximum atomic E-state index is 11.5. The molecule has 0 atom stereocenters. The van der Waals surface area contributed by atoms with Crippen LogP contribution in [0.3, 0.4) is 0 Å². The van der Waals surface area contributed by atoms with Crippen LogP contribution in [0.4, 0.5) is 5.69 Å². The van der Waals surface area contributed by atoms with Crippen LogP contribution in [0.25, 0.3) is 6.08 Å². The molecule has 0 aliphatic carbocycles. The van der Waals surface area contributed by atoms with Gasteiger partial charge < -0.3 is 10.1 Å². The van der Waals surface area contributed by atoms with Crippen molar-refractivity contribution >= 4 is 24.8 Å². The molecule has 0 saturated heterocycles. The Morgan fingerprint density at radius 3 is 2.67 bits per heavy atom. The Kier molecular flexibility index (Phi) is 3.17. The fourth-order valence-corrected chi connectivity index (χ4v) is 1.18. The van der Waals surface area contributed by atoms with Crippen LogP contribution in [-0.2, 0) is 0 Å². The van der Waals surface area contributed by atoms with Gasteiger partial charge in [0.2, 0.25) is 0 Å². The van der Waals surface area contributed by atoms with Crippen molar-refractivity contribution in [3.05, 3.63) is 27.7 Å². The number of carbonyl (C=O) groups is 1. The minimum atomic E-state index is -0.490. The van der Waals surface area contributed by atoms with E-state index in [2.05, 4.69) is 16.7 Å². The topological polar surface area (TPSA) is 82.5 Å². The second kappa shape index (κ2) is 4.36. The molecule has 0 aliphatic heterocycles. The zero-order valence-electron chi connectivity index (χ0n) is 8.15. The van der Waals surface area contributed by atoms with E-state index < -0.39 is 5.56 Å². The van der Waals surface area contributed by atoms with Gasteiger partial charge in [-0.1, -0.05) is 12.2 Å². The van der Waals surface area contributed by atoms with Crippen LogP contribution >= 0.6 is 0 Å². The average Bonchev–Trinajstić information content (AvgIpc) is 2.23. The summed E-state index contributed by atoms with van der Waals surface area (Å²) in [6, 6.07) is 0. The minimum absolute atomic E-state index is 0.0129. The molecule has 0 unspecified atom stereocenters. The SMILES string of the molecule is C=Nc1c(O)c(C=O)[nH]c(=O)c1/C=C\C. The number of aromatic hydroxyl groups is 1. The molecular weight excluding hydrogens is 196 g/mol. The Hall–Kier alpha value is -2.17. The van der Waals surface area contributed by atoms with E-state index in [9.17, 15) is 14.7 Å². The standard InChI is InChI=1S/C10H10N2O3/c1-3-4-6-8(11-2)9(14)7(5-13)12-10(6)15/h3-5,14H,2H2,1H3,(H,12,15)/b4-3-. The van der Waals surface area contributed by atoms with Gasteiger partial charge in [0, 0.05) is 0 Å². The number of H-pyrrole nitrogens is 1. The van der Waals surface area contributed by atoms with Crippen LogP contribution in [0.15, 0.2) is 15.9 Å². The Balaban J connectivity index is 3.68. The summed E-state index contributed by atoms with van der Waals surface area (Å²) in [4.78, 5) is 27.7. The Morgan fingerprint density at radius 1 is 1.53 bits per heavy atom. The van der Waals surface area contributed by atoms with Gasteiger partial charge in [0.1, 0.15) is 11.4 Å². The van der Waals surface area contributed by atoms with E-state index in [4.69, 9.17) is 0 Å². The van der Waals surface area contributed by atoms with E-state index in [0.29, 0.717) is 6.29 Å². The first-order chi connectivity index (χ1) is 7.15. The van der Waals surface area contributed by atoms with E-state index >= 15 is 0 Å². The highest BCUT2D eigenvalue weighted by molar-refractivity contribution is 5.83. The molecule has 78 valence electrons. The third kappa shape index (κ3) is 1.85. The number of aromatic amines is 1. The maximum absolute atomic E-state index is 11.5. The van der Waals surface area contributed by atoms with Gasteiger partial charge in [0.25, 0.3) is 5.56 Å². The summed E-state index contributed by atoms with van der Waals surface area (Å²) in [6.07, 6.45) is 3.46. The first-order valence-electron chi connectivity index (χ1n) is 4.19. The Bertz CT molecular complexity index is 486. The van der Waals surface area contributed by atoms with Gasteiger partial charge >= 0.3 is 0 Å². The molecule has 0 aromatic carbocycles. The van der Waals surface area contributed by atoms with Crippen LogP contribution in [-0.4, -0.2) is 23.1 Å². The van der Waals surface area contributed by atoms with Crippen LogP contribution in [0.2, 0.25) is 0 Å². The lowest BCUT2D eigenvalue weighted by molar-refractivity contribution is 0.111. The molecule has 15 heavy (non-hydrogen) atoms. The highest BCUT2D eigenvalue weighted by atomic mass is 16.3. The third-order valence-electron chi connectivity index (χ3n) is 1.84. The molecule has 5 nitrogen and oxygen atoms in total. The summed E-state index contributed by atoms with van der Waals surface area (Å²) in [5, 5.41) is 9.55. The lowest BCUT2D eigenvalue weighted by atomic mass is 10.1. The zero-order valence-corrected chi connectivity index (χ0v) is 8.15. The van der Waals surface area contributed by atoms with Crippen LogP contribution in [0.5, 0.6) is 5.75 Å². The number of nitrogens with zero attached hydrogens (tertiary/aromatic N) is 1. The largest absolute Gasteiger partial charge is 0.504 e. The van der Waals surface area contributed by atoms with Gasteiger partial charge in [0.05, 0.1) is 5.56 Å². The number of aromatic nitrogens is 1. The molecule has 1 rings (SSSR count). The number of aliphatic imine (C=N–C) groups is 1. The second-order valence-corrected chi connectivity index (χ2v) is 2.75. The van der Waals surface area contributed by atoms with Gasteiger partial charge in [-0.05, 0) is 13.6 Å².